The monoisotopic (exact) mass is 260 g/mol. The van der Waals surface area contributed by atoms with E-state index in [2.05, 4.69) is 26.0 Å². The van der Waals surface area contributed by atoms with Crippen molar-refractivity contribution in [3.05, 3.63) is 43.0 Å². The van der Waals surface area contributed by atoms with E-state index in [1.807, 2.05) is 0 Å². The Morgan fingerprint density at radius 2 is 2.29 bits per heavy atom. The van der Waals surface area contributed by atoms with Crippen LogP contribution in [-0.2, 0) is 0 Å². The van der Waals surface area contributed by atoms with Gasteiger partial charge in [-0.15, -0.1) is 0 Å². The van der Waals surface area contributed by atoms with Crippen LogP contribution in [0.15, 0.2) is 21.7 Å². The standard InChI is InChI=1S/C6H2BrFN4O2/c7-3-1-5(10-11-9)6(12(13)14)2-4(3)8/h1-2H. The zero-order chi connectivity index (χ0) is 10.7. The van der Waals surface area contributed by atoms with Crippen molar-refractivity contribution in [2.45, 2.75) is 0 Å². The van der Waals surface area contributed by atoms with Gasteiger partial charge in [0.1, 0.15) is 11.5 Å². The van der Waals surface area contributed by atoms with E-state index < -0.39 is 16.4 Å². The number of azide groups is 1. The predicted molar refractivity (Wildman–Crippen MR) is 49.6 cm³/mol. The van der Waals surface area contributed by atoms with E-state index in [1.165, 1.54) is 0 Å². The van der Waals surface area contributed by atoms with Gasteiger partial charge in [-0.3, -0.25) is 10.1 Å². The van der Waals surface area contributed by atoms with Crippen LogP contribution in [0.1, 0.15) is 0 Å². The molecule has 1 aromatic carbocycles. The SMILES string of the molecule is [N-]=[N+]=Nc1cc(Br)c(F)cc1[N+](=O)[O-]. The molecule has 0 aliphatic rings. The molecular weight excluding hydrogens is 259 g/mol. The summed E-state index contributed by atoms with van der Waals surface area (Å²) >= 11 is 2.82. The van der Waals surface area contributed by atoms with Crippen LogP contribution in [0.2, 0.25) is 0 Å². The lowest BCUT2D eigenvalue weighted by molar-refractivity contribution is -0.384. The third-order valence-electron chi connectivity index (χ3n) is 1.37. The molecule has 0 amide bonds. The van der Waals surface area contributed by atoms with E-state index in [9.17, 15) is 14.5 Å². The zero-order valence-corrected chi connectivity index (χ0v) is 8.10. The zero-order valence-electron chi connectivity index (χ0n) is 6.52. The van der Waals surface area contributed by atoms with Gasteiger partial charge < -0.3 is 0 Å². The molecule has 0 heterocycles. The van der Waals surface area contributed by atoms with E-state index in [-0.39, 0.29) is 10.2 Å². The molecule has 0 spiro atoms. The predicted octanol–water partition coefficient (Wildman–Crippen LogP) is 3.44. The van der Waals surface area contributed by atoms with Crippen molar-refractivity contribution in [3.63, 3.8) is 0 Å². The highest BCUT2D eigenvalue weighted by Crippen LogP contribution is 2.32. The molecule has 0 N–H and O–H groups in total. The van der Waals surface area contributed by atoms with E-state index in [0.717, 1.165) is 6.07 Å². The summed E-state index contributed by atoms with van der Waals surface area (Å²) in [5.74, 6) is -0.784. The molecule has 14 heavy (non-hydrogen) atoms. The fourth-order valence-electron chi connectivity index (χ4n) is 0.800. The van der Waals surface area contributed by atoms with Gasteiger partial charge in [-0.25, -0.2) is 4.39 Å². The molecule has 1 aromatic rings. The molecule has 0 unspecified atom stereocenters. The fourth-order valence-corrected chi connectivity index (χ4v) is 1.13. The Balaban J connectivity index is 3.45. The lowest BCUT2D eigenvalue weighted by atomic mass is 10.3. The highest BCUT2D eigenvalue weighted by molar-refractivity contribution is 9.10. The Labute approximate surface area is 85.3 Å². The Hall–Kier alpha value is -1.66. The minimum atomic E-state index is -0.820. The van der Waals surface area contributed by atoms with Gasteiger partial charge in [0.15, 0.2) is 0 Å². The highest BCUT2D eigenvalue weighted by atomic mass is 79.9. The summed E-state index contributed by atoms with van der Waals surface area (Å²) in [7, 11) is 0. The number of nitrogens with zero attached hydrogens (tertiary/aromatic N) is 4. The summed E-state index contributed by atoms with van der Waals surface area (Å²) in [4.78, 5) is 12.0. The van der Waals surface area contributed by atoms with Crippen molar-refractivity contribution < 1.29 is 9.31 Å². The van der Waals surface area contributed by atoms with Crippen molar-refractivity contribution in [2.75, 3.05) is 0 Å². The van der Waals surface area contributed by atoms with Crippen molar-refractivity contribution >= 4 is 27.3 Å². The maximum atomic E-state index is 12.9. The van der Waals surface area contributed by atoms with Gasteiger partial charge in [0.2, 0.25) is 0 Å². The van der Waals surface area contributed by atoms with E-state index >= 15 is 0 Å². The number of hydrogen-bond donors (Lipinski definition) is 0. The molecule has 0 saturated heterocycles. The topological polar surface area (TPSA) is 91.9 Å². The third kappa shape index (κ3) is 1.98. The largest absolute Gasteiger partial charge is 0.282 e. The molecule has 72 valence electrons. The van der Waals surface area contributed by atoms with Crippen LogP contribution in [0.5, 0.6) is 0 Å². The van der Waals surface area contributed by atoms with Crippen LogP contribution in [0.25, 0.3) is 10.4 Å². The molecule has 6 nitrogen and oxygen atoms in total. The number of hydrogen-bond acceptors (Lipinski definition) is 3. The van der Waals surface area contributed by atoms with Crippen molar-refractivity contribution in [2.24, 2.45) is 5.11 Å². The second-order valence-corrected chi connectivity index (χ2v) is 3.06. The van der Waals surface area contributed by atoms with Crippen LogP contribution >= 0.6 is 15.9 Å². The van der Waals surface area contributed by atoms with Crippen LogP contribution < -0.4 is 0 Å². The first-order valence-corrected chi connectivity index (χ1v) is 4.04. The third-order valence-corrected chi connectivity index (χ3v) is 1.97. The van der Waals surface area contributed by atoms with Crippen LogP contribution in [0.4, 0.5) is 15.8 Å². The number of rotatable bonds is 2. The quantitative estimate of drug-likeness (QED) is 0.268. The van der Waals surface area contributed by atoms with Gasteiger partial charge in [0, 0.05) is 4.91 Å². The summed E-state index contributed by atoms with van der Waals surface area (Å²) in [6, 6.07) is 1.74. The Kier molecular flexibility index (Phi) is 3.00. The van der Waals surface area contributed by atoms with Gasteiger partial charge in [-0.2, -0.15) is 0 Å². The first kappa shape index (κ1) is 10.4. The molecule has 1 rings (SSSR count). The number of benzene rings is 1. The normalized spacial score (nSPS) is 9.29. The molecule has 8 heteroatoms. The van der Waals surface area contributed by atoms with Crippen molar-refractivity contribution in [1.82, 2.24) is 0 Å². The molecular formula is C6H2BrFN4O2. The molecule has 0 aliphatic heterocycles. The molecule has 0 saturated carbocycles. The highest BCUT2D eigenvalue weighted by Gasteiger charge is 2.16. The van der Waals surface area contributed by atoms with Crippen LogP contribution in [0.3, 0.4) is 0 Å². The summed E-state index contributed by atoms with van der Waals surface area (Å²) in [5.41, 5.74) is 7.32. The van der Waals surface area contributed by atoms with Crippen molar-refractivity contribution in [3.8, 4) is 0 Å². The van der Waals surface area contributed by atoms with Gasteiger partial charge in [-0.1, -0.05) is 5.11 Å². The Morgan fingerprint density at radius 1 is 1.64 bits per heavy atom. The summed E-state index contributed by atoms with van der Waals surface area (Å²) < 4.78 is 12.9. The minimum Gasteiger partial charge on any atom is -0.258 e. The van der Waals surface area contributed by atoms with Crippen LogP contribution in [-0.4, -0.2) is 4.92 Å². The van der Waals surface area contributed by atoms with E-state index in [1.54, 1.807) is 0 Å². The van der Waals surface area contributed by atoms with Gasteiger partial charge >= 0.3 is 0 Å². The summed E-state index contributed by atoms with van der Waals surface area (Å²) in [5, 5.41) is 13.5. The molecule has 0 aromatic heterocycles. The Morgan fingerprint density at radius 3 is 2.79 bits per heavy atom. The van der Waals surface area contributed by atoms with Gasteiger partial charge in [0.25, 0.3) is 5.69 Å². The number of nitro benzene ring substituents is 1. The van der Waals surface area contributed by atoms with E-state index in [4.69, 9.17) is 5.53 Å². The van der Waals surface area contributed by atoms with E-state index in [0.29, 0.717) is 6.07 Å². The molecule has 0 aliphatic carbocycles. The van der Waals surface area contributed by atoms with Gasteiger partial charge in [0.05, 0.1) is 15.5 Å². The van der Waals surface area contributed by atoms with Crippen LogP contribution in [0, 0.1) is 15.9 Å². The molecule has 0 bridgehead atoms. The second-order valence-electron chi connectivity index (χ2n) is 2.20. The fraction of sp³-hybridized carbons (Fsp3) is 0. The maximum absolute atomic E-state index is 12.9. The van der Waals surface area contributed by atoms with Gasteiger partial charge in [-0.05, 0) is 27.5 Å². The lowest BCUT2D eigenvalue weighted by Gasteiger charge is -1.98. The smallest absolute Gasteiger partial charge is 0.258 e. The lowest BCUT2D eigenvalue weighted by Crippen LogP contribution is -1.90. The average Bonchev–Trinajstić information content (AvgIpc) is 2.11. The first-order valence-electron chi connectivity index (χ1n) is 3.25. The number of halogens is 2. The first-order chi connectivity index (χ1) is 6.56. The summed E-state index contributed by atoms with van der Waals surface area (Å²) in [6.07, 6.45) is 0. The number of nitro groups is 1. The maximum Gasteiger partial charge on any atom is 0.282 e. The Bertz CT molecular complexity index is 417. The second kappa shape index (κ2) is 4.03. The average molecular weight is 261 g/mol. The molecule has 0 fully saturated rings. The summed E-state index contributed by atoms with van der Waals surface area (Å²) in [6.45, 7) is 0. The minimum absolute atomic E-state index is 0.00509. The molecule has 0 radical (unpaired) electrons. The molecule has 0 atom stereocenters. The van der Waals surface area contributed by atoms with Crippen molar-refractivity contribution in [1.29, 1.82) is 0 Å².